The number of alkyl halides is 9. The zero-order chi connectivity index (χ0) is 32.5. The van der Waals surface area contributed by atoms with Crippen molar-refractivity contribution in [1.29, 1.82) is 0 Å². The Balaban J connectivity index is 2.08. The molecule has 0 bridgehead atoms. The molecule has 0 aliphatic carbocycles. The fourth-order valence-electron chi connectivity index (χ4n) is 4.04. The molecule has 0 radical (unpaired) electrons. The number of rotatable bonds is 8. The van der Waals surface area contributed by atoms with Gasteiger partial charge in [-0.2, -0.15) is 35.1 Å². The molecule has 3 aromatic rings. The van der Waals surface area contributed by atoms with Gasteiger partial charge in [-0.15, -0.1) is 0 Å². The lowest BCUT2D eigenvalue weighted by atomic mass is 9.93. The van der Waals surface area contributed by atoms with Gasteiger partial charge < -0.3 is 15.0 Å². The van der Waals surface area contributed by atoms with Crippen molar-refractivity contribution >= 4 is 34.8 Å². The first-order chi connectivity index (χ1) is 19.8. The molecule has 0 unspecified atom stereocenters. The molecular weight excluding hydrogens is 626 g/mol. The van der Waals surface area contributed by atoms with Gasteiger partial charge in [0.05, 0.1) is 16.3 Å². The molecule has 16 heteroatoms. The summed E-state index contributed by atoms with van der Waals surface area (Å²) < 4.78 is 140. The van der Waals surface area contributed by atoms with Crippen molar-refractivity contribution in [2.45, 2.75) is 38.5 Å². The van der Waals surface area contributed by atoms with Crippen LogP contribution in [0, 0.1) is 12.7 Å². The van der Waals surface area contributed by atoms with Crippen molar-refractivity contribution < 1.29 is 58.2 Å². The Hall–Kier alpha value is -4.01. The summed E-state index contributed by atoms with van der Waals surface area (Å²) in [6.07, 6.45) is -13.2. The highest BCUT2D eigenvalue weighted by Gasteiger charge is 2.73. The van der Waals surface area contributed by atoms with Gasteiger partial charge in [0.2, 0.25) is 0 Å². The van der Waals surface area contributed by atoms with Crippen LogP contribution in [0.4, 0.5) is 55.3 Å². The van der Waals surface area contributed by atoms with Crippen LogP contribution in [-0.4, -0.2) is 37.3 Å². The van der Waals surface area contributed by atoms with Gasteiger partial charge in [-0.25, -0.2) is 8.78 Å². The number of nitrogens with one attached hydrogen (secondary N) is 1. The summed E-state index contributed by atoms with van der Waals surface area (Å²) in [6, 6.07) is 8.97. The molecule has 2 amide bonds. The van der Waals surface area contributed by atoms with Crippen LogP contribution in [0.1, 0.15) is 38.8 Å². The molecule has 0 aliphatic rings. The zero-order valence-corrected chi connectivity index (χ0v) is 22.6. The third-order valence-corrected chi connectivity index (χ3v) is 6.44. The SMILES string of the molecule is CCN(C(=O)c1ccccc1C)c1cccc(C(=O)Nc2c(Cl)cc(C(F)(C(F)(F)F)C(F)(F)F)cc2OC(F)F)c1F. The van der Waals surface area contributed by atoms with Crippen LogP contribution < -0.4 is 15.0 Å². The van der Waals surface area contributed by atoms with E-state index in [9.17, 15) is 49.1 Å². The Morgan fingerprint density at radius 2 is 1.51 bits per heavy atom. The van der Waals surface area contributed by atoms with Gasteiger partial charge in [0.25, 0.3) is 11.8 Å². The van der Waals surface area contributed by atoms with Gasteiger partial charge in [0.1, 0.15) is 5.69 Å². The molecule has 3 aromatic carbocycles. The topological polar surface area (TPSA) is 58.6 Å². The molecular formula is C27H19ClF10N2O3. The number of hydrogen-bond acceptors (Lipinski definition) is 3. The fraction of sp³-hybridized carbons (Fsp3) is 0.259. The van der Waals surface area contributed by atoms with Crippen LogP contribution in [0.5, 0.6) is 5.75 Å². The lowest BCUT2D eigenvalue weighted by Crippen LogP contribution is -2.50. The molecule has 1 N–H and O–H groups in total. The van der Waals surface area contributed by atoms with E-state index in [0.29, 0.717) is 5.56 Å². The fourth-order valence-corrected chi connectivity index (χ4v) is 4.30. The molecule has 43 heavy (non-hydrogen) atoms. The van der Waals surface area contributed by atoms with Crippen molar-refractivity contribution in [2.24, 2.45) is 0 Å². The van der Waals surface area contributed by atoms with Crippen LogP contribution in [-0.2, 0) is 5.67 Å². The van der Waals surface area contributed by atoms with Gasteiger partial charge >= 0.3 is 24.6 Å². The highest BCUT2D eigenvalue weighted by atomic mass is 35.5. The minimum Gasteiger partial charge on any atom is -0.433 e. The van der Waals surface area contributed by atoms with E-state index in [2.05, 4.69) is 4.74 Å². The number of aryl methyl sites for hydroxylation is 1. The highest BCUT2D eigenvalue weighted by Crippen LogP contribution is 2.55. The maximum Gasteiger partial charge on any atom is 0.435 e. The summed E-state index contributed by atoms with van der Waals surface area (Å²) in [4.78, 5) is 27.1. The highest BCUT2D eigenvalue weighted by molar-refractivity contribution is 6.34. The maximum absolute atomic E-state index is 15.6. The average molecular weight is 645 g/mol. The number of amides is 2. The first-order valence-electron chi connectivity index (χ1n) is 11.9. The third-order valence-electron chi connectivity index (χ3n) is 6.14. The molecule has 0 saturated carbocycles. The monoisotopic (exact) mass is 644 g/mol. The Morgan fingerprint density at radius 3 is 2.05 bits per heavy atom. The number of carbonyl (C=O) groups is 2. The van der Waals surface area contributed by atoms with E-state index in [0.717, 1.165) is 23.1 Å². The smallest absolute Gasteiger partial charge is 0.433 e. The summed E-state index contributed by atoms with van der Waals surface area (Å²) >= 11 is 5.74. The van der Waals surface area contributed by atoms with Gasteiger partial charge in [-0.1, -0.05) is 35.9 Å². The molecule has 0 heterocycles. The van der Waals surface area contributed by atoms with Crippen LogP contribution in [0.3, 0.4) is 0 Å². The lowest BCUT2D eigenvalue weighted by Gasteiger charge is -2.31. The molecule has 3 rings (SSSR count). The lowest BCUT2D eigenvalue weighted by molar-refractivity contribution is -0.348. The number of hydrogen-bond donors (Lipinski definition) is 1. The van der Waals surface area contributed by atoms with Crippen LogP contribution in [0.2, 0.25) is 5.02 Å². The Kier molecular flexibility index (Phi) is 9.59. The quantitative estimate of drug-likeness (QED) is 0.250. The predicted molar refractivity (Wildman–Crippen MR) is 136 cm³/mol. The summed E-state index contributed by atoms with van der Waals surface area (Å²) in [5.74, 6) is -5.01. The summed E-state index contributed by atoms with van der Waals surface area (Å²) in [5.41, 5.74) is -9.92. The second kappa shape index (κ2) is 12.3. The van der Waals surface area contributed by atoms with Gasteiger partial charge in [0, 0.05) is 17.7 Å². The minimum atomic E-state index is -6.62. The molecule has 0 fully saturated rings. The number of carbonyl (C=O) groups excluding carboxylic acids is 2. The molecule has 0 spiro atoms. The predicted octanol–water partition coefficient (Wildman–Crippen LogP) is 8.60. The van der Waals surface area contributed by atoms with Crippen molar-refractivity contribution in [1.82, 2.24) is 0 Å². The zero-order valence-electron chi connectivity index (χ0n) is 21.8. The number of nitrogens with zero attached hydrogens (tertiary/aromatic N) is 1. The Morgan fingerprint density at radius 1 is 0.930 bits per heavy atom. The normalized spacial score (nSPS) is 12.3. The van der Waals surface area contributed by atoms with E-state index in [4.69, 9.17) is 11.6 Å². The van der Waals surface area contributed by atoms with E-state index in [-0.39, 0.29) is 24.2 Å². The molecule has 0 aliphatic heterocycles. The van der Waals surface area contributed by atoms with Crippen LogP contribution in [0.15, 0.2) is 54.6 Å². The van der Waals surface area contributed by atoms with Crippen LogP contribution in [0.25, 0.3) is 0 Å². The maximum atomic E-state index is 15.6. The molecule has 0 atom stereocenters. The molecule has 5 nitrogen and oxygen atoms in total. The van der Waals surface area contributed by atoms with Crippen molar-refractivity contribution in [3.8, 4) is 5.75 Å². The minimum absolute atomic E-state index is 0.0851. The summed E-state index contributed by atoms with van der Waals surface area (Å²) in [5, 5.41) is 0.515. The Bertz CT molecular complexity index is 1510. The first-order valence-corrected chi connectivity index (χ1v) is 12.3. The van der Waals surface area contributed by atoms with Crippen molar-refractivity contribution in [2.75, 3.05) is 16.8 Å². The number of ether oxygens (including phenoxy) is 1. The summed E-state index contributed by atoms with van der Waals surface area (Å²) in [6.45, 7) is -0.840. The second-order valence-corrected chi connectivity index (χ2v) is 9.23. The van der Waals surface area contributed by atoms with Crippen molar-refractivity contribution in [3.63, 3.8) is 0 Å². The van der Waals surface area contributed by atoms with E-state index >= 15 is 4.39 Å². The first kappa shape index (κ1) is 33.5. The van der Waals surface area contributed by atoms with Gasteiger partial charge in [-0.3, -0.25) is 9.59 Å². The number of benzene rings is 3. The molecule has 0 saturated heterocycles. The molecule has 232 valence electrons. The van der Waals surface area contributed by atoms with E-state index in [1.165, 1.54) is 13.0 Å². The van der Waals surface area contributed by atoms with Gasteiger partial charge in [0.15, 0.2) is 11.6 Å². The van der Waals surface area contributed by atoms with E-state index in [1.807, 2.05) is 0 Å². The van der Waals surface area contributed by atoms with E-state index < -0.39 is 75.5 Å². The third kappa shape index (κ3) is 6.50. The largest absolute Gasteiger partial charge is 0.435 e. The number of halogens is 11. The molecule has 0 aromatic heterocycles. The standard InChI is InChI=1S/C27H19ClF10N2O3/c1-3-40(23(42)15-8-5-4-7-13(15)2)18-10-6-9-16(20(18)29)22(41)39-21-17(28)11-14(12-19(21)43-24(30)31)25(32,26(33,34)35)27(36,37)38/h4-12,24H,3H2,1-2H3,(H,39,41). The van der Waals surface area contributed by atoms with Crippen molar-refractivity contribution in [3.05, 3.63) is 87.7 Å². The second-order valence-electron chi connectivity index (χ2n) is 8.82. The van der Waals surface area contributed by atoms with Crippen LogP contribution >= 0.6 is 11.6 Å². The van der Waals surface area contributed by atoms with E-state index in [1.54, 1.807) is 30.4 Å². The average Bonchev–Trinajstić information content (AvgIpc) is 2.89. The Labute approximate surface area is 242 Å². The summed E-state index contributed by atoms with van der Waals surface area (Å²) in [7, 11) is 0. The number of anilines is 2. The van der Waals surface area contributed by atoms with Gasteiger partial charge in [-0.05, 0) is 49.7 Å².